The molecule has 3 N–H and O–H groups in total. The molecule has 0 atom stereocenters. The largest absolute Gasteiger partial charge is 0.399 e. The summed E-state index contributed by atoms with van der Waals surface area (Å²) in [7, 11) is 0. The van der Waals surface area contributed by atoms with E-state index in [0.29, 0.717) is 22.5 Å². The fourth-order valence-corrected chi connectivity index (χ4v) is 1.74. The number of nitrogen functional groups attached to an aromatic ring is 1. The van der Waals surface area contributed by atoms with E-state index in [9.17, 15) is 9.18 Å². The molecule has 0 unspecified atom stereocenters. The quantitative estimate of drug-likeness (QED) is 0.812. The predicted octanol–water partition coefficient (Wildman–Crippen LogP) is 3.28. The van der Waals surface area contributed by atoms with Crippen molar-refractivity contribution in [3.8, 4) is 0 Å². The van der Waals surface area contributed by atoms with E-state index in [1.54, 1.807) is 25.1 Å². The van der Waals surface area contributed by atoms with Crippen molar-refractivity contribution in [3.05, 3.63) is 58.9 Å². The van der Waals surface area contributed by atoms with Crippen molar-refractivity contribution in [1.82, 2.24) is 0 Å². The second-order valence-electron chi connectivity index (χ2n) is 4.49. The number of rotatable bonds is 2. The van der Waals surface area contributed by atoms with E-state index in [2.05, 4.69) is 5.32 Å². The number of aryl methyl sites for hydroxylation is 2. The summed E-state index contributed by atoms with van der Waals surface area (Å²) in [6.45, 7) is 3.49. The van der Waals surface area contributed by atoms with Crippen molar-refractivity contribution >= 4 is 17.3 Å². The number of anilines is 2. The molecule has 2 aromatic carbocycles. The predicted molar refractivity (Wildman–Crippen MR) is 74.7 cm³/mol. The molecule has 0 heterocycles. The zero-order valence-electron chi connectivity index (χ0n) is 10.8. The smallest absolute Gasteiger partial charge is 0.255 e. The first-order valence-corrected chi connectivity index (χ1v) is 5.91. The van der Waals surface area contributed by atoms with Gasteiger partial charge in [-0.3, -0.25) is 4.79 Å². The third-order valence-corrected chi connectivity index (χ3v) is 2.95. The first kappa shape index (κ1) is 13.1. The lowest BCUT2D eigenvalue weighted by Gasteiger charge is -2.08. The van der Waals surface area contributed by atoms with Crippen LogP contribution in [-0.4, -0.2) is 5.91 Å². The highest BCUT2D eigenvalue weighted by Gasteiger charge is 2.08. The molecular weight excluding hydrogens is 243 g/mol. The Balaban J connectivity index is 2.20. The molecule has 98 valence electrons. The average Bonchev–Trinajstić information content (AvgIpc) is 2.37. The lowest BCUT2D eigenvalue weighted by Crippen LogP contribution is -2.12. The van der Waals surface area contributed by atoms with Crippen molar-refractivity contribution in [1.29, 1.82) is 0 Å². The van der Waals surface area contributed by atoms with Crippen LogP contribution in [0.1, 0.15) is 21.5 Å². The number of nitrogens with one attached hydrogen (secondary N) is 1. The maximum absolute atomic E-state index is 13.1. The molecule has 0 fully saturated rings. The normalized spacial score (nSPS) is 10.3. The van der Waals surface area contributed by atoms with Gasteiger partial charge in [-0.15, -0.1) is 0 Å². The molecule has 2 aromatic rings. The number of hydrogen-bond donors (Lipinski definition) is 2. The van der Waals surface area contributed by atoms with E-state index in [1.165, 1.54) is 18.2 Å². The molecule has 0 aliphatic heterocycles. The summed E-state index contributed by atoms with van der Waals surface area (Å²) < 4.78 is 13.1. The topological polar surface area (TPSA) is 55.1 Å². The van der Waals surface area contributed by atoms with Gasteiger partial charge in [-0.05, 0) is 61.4 Å². The van der Waals surface area contributed by atoms with Crippen molar-refractivity contribution in [2.75, 3.05) is 11.1 Å². The first-order chi connectivity index (χ1) is 8.97. The lowest BCUT2D eigenvalue weighted by atomic mass is 10.1. The van der Waals surface area contributed by atoms with E-state index >= 15 is 0 Å². The maximum Gasteiger partial charge on any atom is 0.255 e. The Hall–Kier alpha value is -2.36. The van der Waals surface area contributed by atoms with Gasteiger partial charge in [0.05, 0.1) is 0 Å². The Morgan fingerprint density at radius 2 is 1.84 bits per heavy atom. The molecule has 0 radical (unpaired) electrons. The zero-order valence-corrected chi connectivity index (χ0v) is 10.8. The van der Waals surface area contributed by atoms with E-state index < -0.39 is 0 Å². The van der Waals surface area contributed by atoms with Crippen molar-refractivity contribution < 1.29 is 9.18 Å². The molecule has 4 heteroatoms. The maximum atomic E-state index is 13.1. The SMILES string of the molecule is Cc1cc(NC(=O)c2ccc(F)c(C)c2)ccc1N. The van der Waals surface area contributed by atoms with Gasteiger partial charge in [-0.2, -0.15) is 0 Å². The van der Waals surface area contributed by atoms with E-state index in [0.717, 1.165) is 5.56 Å². The van der Waals surface area contributed by atoms with Crippen LogP contribution in [0.25, 0.3) is 0 Å². The van der Waals surface area contributed by atoms with Crippen LogP contribution in [0.3, 0.4) is 0 Å². The Morgan fingerprint density at radius 3 is 2.47 bits per heavy atom. The third-order valence-electron chi connectivity index (χ3n) is 2.95. The highest BCUT2D eigenvalue weighted by molar-refractivity contribution is 6.04. The Kier molecular flexibility index (Phi) is 3.51. The second-order valence-corrected chi connectivity index (χ2v) is 4.49. The molecule has 3 nitrogen and oxygen atoms in total. The standard InChI is InChI=1S/C15H15FN2O/c1-9-7-11(3-5-13(9)16)15(19)18-12-4-6-14(17)10(2)8-12/h3-8H,17H2,1-2H3,(H,18,19). The number of hydrogen-bond acceptors (Lipinski definition) is 2. The second kappa shape index (κ2) is 5.10. The Labute approximate surface area is 111 Å². The van der Waals surface area contributed by atoms with E-state index in [4.69, 9.17) is 5.73 Å². The number of benzene rings is 2. The monoisotopic (exact) mass is 258 g/mol. The van der Waals surface area contributed by atoms with Crippen molar-refractivity contribution in [2.45, 2.75) is 13.8 Å². The average molecular weight is 258 g/mol. The summed E-state index contributed by atoms with van der Waals surface area (Å²) in [6, 6.07) is 9.54. The molecule has 0 spiro atoms. The fourth-order valence-electron chi connectivity index (χ4n) is 1.74. The molecule has 0 saturated heterocycles. The molecular formula is C15H15FN2O. The van der Waals surface area contributed by atoms with E-state index in [1.807, 2.05) is 6.92 Å². The molecule has 0 aromatic heterocycles. The van der Waals surface area contributed by atoms with Crippen LogP contribution in [0.5, 0.6) is 0 Å². The Bertz CT molecular complexity index is 638. The van der Waals surface area contributed by atoms with Crippen LogP contribution in [0.4, 0.5) is 15.8 Å². The third kappa shape index (κ3) is 2.91. The van der Waals surface area contributed by atoms with Crippen molar-refractivity contribution in [2.24, 2.45) is 0 Å². The minimum atomic E-state index is -0.320. The lowest BCUT2D eigenvalue weighted by molar-refractivity contribution is 0.102. The number of amides is 1. The highest BCUT2D eigenvalue weighted by atomic mass is 19.1. The van der Waals surface area contributed by atoms with Crippen LogP contribution in [0, 0.1) is 19.7 Å². The first-order valence-electron chi connectivity index (χ1n) is 5.91. The zero-order chi connectivity index (χ0) is 14.0. The number of nitrogens with two attached hydrogens (primary N) is 1. The number of carbonyl (C=O) groups is 1. The van der Waals surface area contributed by atoms with Gasteiger partial charge in [-0.25, -0.2) is 4.39 Å². The van der Waals surface area contributed by atoms with Gasteiger partial charge in [0.1, 0.15) is 5.82 Å². The van der Waals surface area contributed by atoms with Crippen LogP contribution in [0.15, 0.2) is 36.4 Å². The van der Waals surface area contributed by atoms with E-state index in [-0.39, 0.29) is 11.7 Å². The summed E-state index contributed by atoms with van der Waals surface area (Å²) in [5.41, 5.74) is 8.82. The molecule has 2 rings (SSSR count). The molecule has 0 aliphatic rings. The van der Waals surface area contributed by atoms with Crippen LogP contribution < -0.4 is 11.1 Å². The number of carbonyl (C=O) groups excluding carboxylic acids is 1. The van der Waals surface area contributed by atoms with Gasteiger partial charge >= 0.3 is 0 Å². The summed E-state index contributed by atoms with van der Waals surface area (Å²) in [6.07, 6.45) is 0. The van der Waals surface area contributed by atoms with Gasteiger partial charge in [-0.1, -0.05) is 0 Å². The minimum absolute atomic E-state index is 0.271. The Morgan fingerprint density at radius 1 is 1.11 bits per heavy atom. The molecule has 1 amide bonds. The minimum Gasteiger partial charge on any atom is -0.399 e. The fraction of sp³-hybridized carbons (Fsp3) is 0.133. The number of halogens is 1. The van der Waals surface area contributed by atoms with Crippen molar-refractivity contribution in [3.63, 3.8) is 0 Å². The van der Waals surface area contributed by atoms with Gasteiger partial charge in [0.25, 0.3) is 5.91 Å². The molecule has 19 heavy (non-hydrogen) atoms. The summed E-state index contributed by atoms with van der Waals surface area (Å²) in [5.74, 6) is -0.591. The van der Waals surface area contributed by atoms with Crippen LogP contribution in [-0.2, 0) is 0 Å². The molecule has 0 saturated carbocycles. The molecule has 0 aliphatic carbocycles. The summed E-state index contributed by atoms with van der Waals surface area (Å²) in [5, 5.41) is 2.76. The van der Waals surface area contributed by atoms with Gasteiger partial charge in [0.2, 0.25) is 0 Å². The van der Waals surface area contributed by atoms with Gasteiger partial charge in [0.15, 0.2) is 0 Å². The summed E-state index contributed by atoms with van der Waals surface area (Å²) in [4.78, 5) is 12.0. The summed E-state index contributed by atoms with van der Waals surface area (Å²) >= 11 is 0. The van der Waals surface area contributed by atoms with Gasteiger partial charge in [0, 0.05) is 16.9 Å². The van der Waals surface area contributed by atoms with Crippen LogP contribution in [0.2, 0.25) is 0 Å². The molecule has 0 bridgehead atoms. The van der Waals surface area contributed by atoms with Crippen LogP contribution >= 0.6 is 0 Å². The van der Waals surface area contributed by atoms with Gasteiger partial charge < -0.3 is 11.1 Å². The highest BCUT2D eigenvalue weighted by Crippen LogP contribution is 2.18.